The Morgan fingerprint density at radius 2 is 1.82 bits per heavy atom. The van der Waals surface area contributed by atoms with Gasteiger partial charge in [-0.15, -0.1) is 0 Å². The lowest BCUT2D eigenvalue weighted by molar-refractivity contribution is -0.136. The number of oxime groups is 1. The van der Waals surface area contributed by atoms with Gasteiger partial charge in [-0.3, -0.25) is 4.79 Å². The Kier molecular flexibility index (Phi) is 5.27. The molecule has 0 saturated carbocycles. The summed E-state index contributed by atoms with van der Waals surface area (Å²) >= 11 is 3.32. The molecule has 0 bridgehead atoms. The summed E-state index contributed by atoms with van der Waals surface area (Å²) in [7, 11) is 0. The summed E-state index contributed by atoms with van der Waals surface area (Å²) in [5, 5.41) is 20.7. The molecule has 0 radical (unpaired) electrons. The summed E-state index contributed by atoms with van der Waals surface area (Å²) in [4.78, 5) is 10.6. The van der Waals surface area contributed by atoms with Crippen LogP contribution in [0.3, 0.4) is 0 Å². The van der Waals surface area contributed by atoms with Crippen molar-refractivity contribution in [2.24, 2.45) is 5.16 Å². The van der Waals surface area contributed by atoms with E-state index >= 15 is 0 Å². The van der Waals surface area contributed by atoms with Crippen LogP contribution in [0.5, 0.6) is 0 Å². The van der Waals surface area contributed by atoms with Crippen molar-refractivity contribution < 1.29 is 19.5 Å². The molecule has 0 aromatic heterocycles. The van der Waals surface area contributed by atoms with Gasteiger partial charge in [0.15, 0.2) is 0 Å². The molecule has 22 heavy (non-hydrogen) atoms. The summed E-state index contributed by atoms with van der Waals surface area (Å²) in [6.07, 6.45) is -0.154. The minimum absolute atomic E-state index is 0.0307. The fraction of sp³-hybridized carbons (Fsp3) is 0.125. The minimum Gasteiger partial charge on any atom is -0.481 e. The summed E-state index contributed by atoms with van der Waals surface area (Å²) in [6, 6.07) is 11.6. The van der Waals surface area contributed by atoms with Crippen LogP contribution in [0.25, 0.3) is 11.1 Å². The third kappa shape index (κ3) is 3.92. The van der Waals surface area contributed by atoms with E-state index in [1.165, 1.54) is 6.07 Å². The standard InChI is InChI=1S/C16H13BrFNO3/c17-12-4-1-10(2-5-12)13-6-3-11(9-14(13)18)15(19-22)7-8-16(20)21/h1-6,9,22H,7-8H2,(H,20,21)/b19-15+. The molecule has 2 aromatic carbocycles. The van der Waals surface area contributed by atoms with Crippen LogP contribution in [-0.4, -0.2) is 22.0 Å². The molecule has 114 valence electrons. The summed E-state index contributed by atoms with van der Waals surface area (Å²) in [6.45, 7) is 0. The van der Waals surface area contributed by atoms with Gasteiger partial charge in [-0.1, -0.05) is 45.4 Å². The number of halogens is 2. The van der Waals surface area contributed by atoms with Gasteiger partial charge in [0.2, 0.25) is 0 Å². The lowest BCUT2D eigenvalue weighted by Crippen LogP contribution is -2.06. The highest BCUT2D eigenvalue weighted by Crippen LogP contribution is 2.25. The van der Waals surface area contributed by atoms with Crippen LogP contribution in [0.1, 0.15) is 18.4 Å². The van der Waals surface area contributed by atoms with E-state index in [2.05, 4.69) is 21.1 Å². The van der Waals surface area contributed by atoms with Crippen molar-refractivity contribution in [1.29, 1.82) is 0 Å². The van der Waals surface area contributed by atoms with Crippen molar-refractivity contribution in [2.45, 2.75) is 12.8 Å². The zero-order chi connectivity index (χ0) is 16.1. The quantitative estimate of drug-likeness (QED) is 0.471. The third-order valence-corrected chi connectivity index (χ3v) is 3.68. The maximum atomic E-state index is 14.3. The van der Waals surface area contributed by atoms with Gasteiger partial charge in [0.05, 0.1) is 12.1 Å². The second kappa shape index (κ2) is 7.17. The highest BCUT2D eigenvalue weighted by atomic mass is 79.9. The van der Waals surface area contributed by atoms with Gasteiger partial charge < -0.3 is 10.3 Å². The average Bonchev–Trinajstić information content (AvgIpc) is 2.49. The van der Waals surface area contributed by atoms with Gasteiger partial charge in [-0.05, 0) is 23.8 Å². The summed E-state index contributed by atoms with van der Waals surface area (Å²) in [5.74, 6) is -1.47. The maximum absolute atomic E-state index is 14.3. The predicted molar refractivity (Wildman–Crippen MR) is 84.7 cm³/mol. The Labute approximate surface area is 135 Å². The van der Waals surface area contributed by atoms with E-state index in [1.807, 2.05) is 12.1 Å². The molecule has 0 aliphatic heterocycles. The molecule has 0 aliphatic carbocycles. The van der Waals surface area contributed by atoms with Gasteiger partial charge in [0, 0.05) is 22.0 Å². The molecule has 2 rings (SSSR count). The SMILES string of the molecule is O=C(O)CC/C(=N\O)c1ccc(-c2ccc(Br)cc2)c(F)c1. The first-order chi connectivity index (χ1) is 10.5. The molecule has 0 atom stereocenters. The fourth-order valence-corrected chi connectivity index (χ4v) is 2.30. The van der Waals surface area contributed by atoms with Crippen LogP contribution >= 0.6 is 15.9 Å². The normalized spacial score (nSPS) is 11.5. The van der Waals surface area contributed by atoms with Crippen molar-refractivity contribution >= 4 is 27.6 Å². The van der Waals surface area contributed by atoms with E-state index in [4.69, 9.17) is 10.3 Å². The van der Waals surface area contributed by atoms with Crippen LogP contribution < -0.4 is 0 Å². The van der Waals surface area contributed by atoms with E-state index in [0.717, 1.165) is 10.0 Å². The Bertz CT molecular complexity index is 714. The lowest BCUT2D eigenvalue weighted by Gasteiger charge is -2.08. The van der Waals surface area contributed by atoms with E-state index in [-0.39, 0.29) is 18.6 Å². The Morgan fingerprint density at radius 1 is 1.14 bits per heavy atom. The van der Waals surface area contributed by atoms with Crippen LogP contribution in [0.4, 0.5) is 4.39 Å². The highest BCUT2D eigenvalue weighted by Gasteiger charge is 2.11. The monoisotopic (exact) mass is 365 g/mol. The van der Waals surface area contributed by atoms with Gasteiger partial charge in [0.25, 0.3) is 0 Å². The van der Waals surface area contributed by atoms with E-state index in [1.54, 1.807) is 24.3 Å². The summed E-state index contributed by atoms with van der Waals surface area (Å²) in [5.41, 5.74) is 1.65. The van der Waals surface area contributed by atoms with E-state index in [0.29, 0.717) is 11.1 Å². The third-order valence-electron chi connectivity index (χ3n) is 3.15. The molecule has 0 heterocycles. The number of carboxylic acids is 1. The minimum atomic E-state index is -1.01. The molecule has 2 aromatic rings. The number of carboxylic acid groups (broad SMARTS) is 1. The molecule has 2 N–H and O–H groups in total. The van der Waals surface area contributed by atoms with Crippen molar-refractivity contribution in [2.75, 3.05) is 0 Å². The average molecular weight is 366 g/mol. The molecule has 0 aliphatic rings. The summed E-state index contributed by atoms with van der Waals surface area (Å²) < 4.78 is 15.2. The second-order valence-electron chi connectivity index (χ2n) is 4.64. The van der Waals surface area contributed by atoms with E-state index < -0.39 is 11.8 Å². The molecular formula is C16H13BrFNO3. The van der Waals surface area contributed by atoms with Crippen molar-refractivity contribution in [3.05, 3.63) is 58.3 Å². The predicted octanol–water partition coefficient (Wildman–Crippen LogP) is 4.30. The largest absolute Gasteiger partial charge is 0.481 e. The van der Waals surface area contributed by atoms with E-state index in [9.17, 15) is 9.18 Å². The zero-order valence-corrected chi connectivity index (χ0v) is 13.0. The molecule has 0 spiro atoms. The molecule has 0 fully saturated rings. The Hall–Kier alpha value is -2.21. The number of hydrogen-bond acceptors (Lipinski definition) is 3. The Morgan fingerprint density at radius 3 is 2.36 bits per heavy atom. The number of nitrogens with zero attached hydrogens (tertiary/aromatic N) is 1. The van der Waals surface area contributed by atoms with Gasteiger partial charge in [-0.2, -0.15) is 0 Å². The fourth-order valence-electron chi connectivity index (χ4n) is 2.04. The van der Waals surface area contributed by atoms with Crippen molar-refractivity contribution in [3.63, 3.8) is 0 Å². The molecular weight excluding hydrogens is 353 g/mol. The molecule has 6 heteroatoms. The topological polar surface area (TPSA) is 69.9 Å². The van der Waals surface area contributed by atoms with Crippen molar-refractivity contribution in [1.82, 2.24) is 0 Å². The van der Waals surface area contributed by atoms with Gasteiger partial charge in [0.1, 0.15) is 5.82 Å². The first-order valence-electron chi connectivity index (χ1n) is 6.50. The highest BCUT2D eigenvalue weighted by molar-refractivity contribution is 9.10. The molecule has 4 nitrogen and oxygen atoms in total. The van der Waals surface area contributed by atoms with Crippen molar-refractivity contribution in [3.8, 4) is 11.1 Å². The molecule has 0 amide bonds. The first-order valence-corrected chi connectivity index (χ1v) is 7.29. The number of aliphatic carboxylic acids is 1. The second-order valence-corrected chi connectivity index (χ2v) is 5.56. The zero-order valence-electron chi connectivity index (χ0n) is 11.5. The maximum Gasteiger partial charge on any atom is 0.303 e. The number of benzene rings is 2. The van der Waals surface area contributed by atoms with Crippen LogP contribution in [0.2, 0.25) is 0 Å². The smallest absolute Gasteiger partial charge is 0.303 e. The molecule has 0 saturated heterocycles. The number of hydrogen-bond donors (Lipinski definition) is 2. The molecule has 0 unspecified atom stereocenters. The number of rotatable bonds is 5. The van der Waals surface area contributed by atoms with Gasteiger partial charge >= 0.3 is 5.97 Å². The first kappa shape index (κ1) is 16.2. The van der Waals surface area contributed by atoms with Crippen LogP contribution in [0, 0.1) is 5.82 Å². The lowest BCUT2D eigenvalue weighted by atomic mass is 10.00. The number of carbonyl (C=O) groups is 1. The Balaban J connectivity index is 2.29. The van der Waals surface area contributed by atoms with Crippen LogP contribution in [-0.2, 0) is 4.79 Å². The van der Waals surface area contributed by atoms with Gasteiger partial charge in [-0.25, -0.2) is 4.39 Å². The van der Waals surface area contributed by atoms with Crippen LogP contribution in [0.15, 0.2) is 52.1 Å².